The maximum absolute atomic E-state index is 13.6. The van der Waals surface area contributed by atoms with Gasteiger partial charge in [0.1, 0.15) is 5.54 Å². The molecule has 4 heteroatoms. The van der Waals surface area contributed by atoms with Gasteiger partial charge in [-0.3, -0.25) is 9.69 Å². The fourth-order valence-electron chi connectivity index (χ4n) is 4.18. The average molecular weight is 335 g/mol. The zero-order valence-electron chi connectivity index (χ0n) is 14.7. The monoisotopic (exact) mass is 335 g/mol. The molecule has 2 aliphatic rings. The molecule has 1 saturated carbocycles. The number of amides is 1. The summed E-state index contributed by atoms with van der Waals surface area (Å²) < 4.78 is 0. The van der Waals surface area contributed by atoms with Gasteiger partial charge >= 0.3 is 0 Å². The molecule has 1 aliphatic carbocycles. The van der Waals surface area contributed by atoms with Crippen molar-refractivity contribution in [2.24, 2.45) is 0 Å². The molecule has 1 saturated heterocycles. The molecule has 2 aromatic rings. The highest BCUT2D eigenvalue weighted by Gasteiger charge is 2.64. The van der Waals surface area contributed by atoms with Gasteiger partial charge in [-0.2, -0.15) is 0 Å². The molecule has 2 fully saturated rings. The molecule has 0 aromatic heterocycles. The molecule has 1 amide bonds. The lowest BCUT2D eigenvalue weighted by Crippen LogP contribution is -2.57. The van der Waals surface area contributed by atoms with E-state index in [1.165, 1.54) is 5.56 Å². The van der Waals surface area contributed by atoms with Crippen molar-refractivity contribution in [2.75, 3.05) is 38.1 Å². The first kappa shape index (κ1) is 16.3. The van der Waals surface area contributed by atoms with Gasteiger partial charge in [-0.25, -0.2) is 0 Å². The smallest absolute Gasteiger partial charge is 0.247 e. The number of nitrogens with zero attached hydrogens (tertiary/aromatic N) is 2. The molecule has 2 unspecified atom stereocenters. The predicted molar refractivity (Wildman–Crippen MR) is 101 cm³/mol. The summed E-state index contributed by atoms with van der Waals surface area (Å²) in [5.74, 6) is 0.500. The number of hydrogen-bond acceptors (Lipinski definition) is 3. The van der Waals surface area contributed by atoms with Crippen LogP contribution >= 0.6 is 0 Å². The van der Waals surface area contributed by atoms with Crippen LogP contribution in [0.2, 0.25) is 0 Å². The molecule has 2 atom stereocenters. The van der Waals surface area contributed by atoms with Crippen LogP contribution in [0.5, 0.6) is 0 Å². The highest BCUT2D eigenvalue weighted by Crippen LogP contribution is 2.56. The largest absolute Gasteiger partial charge is 0.314 e. The Balaban J connectivity index is 1.66. The minimum absolute atomic E-state index is 0.217. The van der Waals surface area contributed by atoms with Gasteiger partial charge in [-0.15, -0.1) is 0 Å². The summed E-state index contributed by atoms with van der Waals surface area (Å²) in [5, 5.41) is 3.40. The van der Waals surface area contributed by atoms with Crippen LogP contribution in [0.1, 0.15) is 17.9 Å². The molecule has 130 valence electrons. The predicted octanol–water partition coefficient (Wildman–Crippen LogP) is 2.48. The SMILES string of the molecule is CN(C(=O)C1(N2CCNCC2)CC1c1ccccc1)c1ccccc1. The van der Waals surface area contributed by atoms with E-state index in [-0.39, 0.29) is 11.8 Å². The molecule has 4 rings (SSSR count). The summed E-state index contributed by atoms with van der Waals surface area (Å²) in [6.45, 7) is 3.76. The summed E-state index contributed by atoms with van der Waals surface area (Å²) in [4.78, 5) is 17.8. The standard InChI is InChI=1S/C21H25N3O/c1-23(18-10-6-3-7-11-18)20(25)21(24-14-12-22-13-15-24)16-19(21)17-8-4-2-5-9-17/h2-11,19,22H,12-16H2,1H3. The first-order valence-electron chi connectivity index (χ1n) is 9.07. The summed E-state index contributed by atoms with van der Waals surface area (Å²) in [5.41, 5.74) is 1.84. The van der Waals surface area contributed by atoms with Crippen LogP contribution in [0.3, 0.4) is 0 Å². The van der Waals surface area contributed by atoms with Gasteiger partial charge in [0.25, 0.3) is 0 Å². The Hall–Kier alpha value is -2.17. The Bertz CT molecular complexity index is 727. The molecule has 25 heavy (non-hydrogen) atoms. The van der Waals surface area contributed by atoms with E-state index in [0.717, 1.165) is 38.3 Å². The molecule has 0 spiro atoms. The number of carbonyl (C=O) groups is 1. The van der Waals surface area contributed by atoms with Gasteiger partial charge in [0.2, 0.25) is 5.91 Å². The first-order chi connectivity index (χ1) is 12.2. The van der Waals surface area contributed by atoms with Crippen molar-refractivity contribution in [1.82, 2.24) is 10.2 Å². The minimum Gasteiger partial charge on any atom is -0.314 e. The van der Waals surface area contributed by atoms with Crippen molar-refractivity contribution in [3.8, 4) is 0 Å². The molecular weight excluding hydrogens is 310 g/mol. The average Bonchev–Trinajstić information content (AvgIpc) is 3.46. The summed E-state index contributed by atoms with van der Waals surface area (Å²) in [6.07, 6.45) is 0.910. The lowest BCUT2D eigenvalue weighted by molar-refractivity contribution is -0.125. The van der Waals surface area contributed by atoms with Crippen molar-refractivity contribution in [2.45, 2.75) is 17.9 Å². The van der Waals surface area contributed by atoms with Gasteiger partial charge in [-0.05, 0) is 24.1 Å². The Kier molecular flexibility index (Phi) is 4.32. The zero-order valence-corrected chi connectivity index (χ0v) is 14.7. The van der Waals surface area contributed by atoms with Gasteiger partial charge in [0.15, 0.2) is 0 Å². The van der Waals surface area contributed by atoms with Crippen LogP contribution < -0.4 is 10.2 Å². The van der Waals surface area contributed by atoms with E-state index in [4.69, 9.17) is 0 Å². The lowest BCUT2D eigenvalue weighted by Gasteiger charge is -2.37. The number of hydrogen-bond donors (Lipinski definition) is 1. The van der Waals surface area contributed by atoms with Crippen molar-refractivity contribution < 1.29 is 4.79 Å². The fourth-order valence-corrected chi connectivity index (χ4v) is 4.18. The van der Waals surface area contributed by atoms with Crippen LogP contribution in [-0.4, -0.2) is 49.6 Å². The molecule has 0 radical (unpaired) electrons. The fraction of sp³-hybridized carbons (Fsp3) is 0.381. The second-order valence-corrected chi connectivity index (χ2v) is 7.03. The number of anilines is 1. The number of likely N-dealkylation sites (N-methyl/N-ethyl adjacent to an activating group) is 1. The number of nitrogens with one attached hydrogen (secondary N) is 1. The third-order valence-corrected chi connectivity index (χ3v) is 5.63. The maximum atomic E-state index is 13.6. The normalized spacial score (nSPS) is 26.2. The summed E-state index contributed by atoms with van der Waals surface area (Å²) in [6, 6.07) is 20.5. The highest BCUT2D eigenvalue weighted by atomic mass is 16.2. The highest BCUT2D eigenvalue weighted by molar-refractivity contribution is 6.03. The van der Waals surface area contributed by atoms with Crippen molar-refractivity contribution in [3.63, 3.8) is 0 Å². The van der Waals surface area contributed by atoms with E-state index in [9.17, 15) is 4.79 Å². The van der Waals surface area contributed by atoms with Crippen molar-refractivity contribution in [1.29, 1.82) is 0 Å². The van der Waals surface area contributed by atoms with E-state index < -0.39 is 5.54 Å². The van der Waals surface area contributed by atoms with Crippen molar-refractivity contribution >= 4 is 11.6 Å². The van der Waals surface area contributed by atoms with Gasteiger partial charge in [0.05, 0.1) is 0 Å². The third-order valence-electron chi connectivity index (χ3n) is 5.63. The number of para-hydroxylation sites is 1. The molecule has 1 heterocycles. The minimum atomic E-state index is -0.395. The molecule has 2 aromatic carbocycles. The van der Waals surface area contributed by atoms with Gasteiger partial charge in [-0.1, -0.05) is 48.5 Å². The van der Waals surface area contributed by atoms with E-state index in [1.54, 1.807) is 0 Å². The van der Waals surface area contributed by atoms with Crippen LogP contribution in [0, 0.1) is 0 Å². The molecule has 4 nitrogen and oxygen atoms in total. The third kappa shape index (κ3) is 2.86. The van der Waals surface area contributed by atoms with Crippen LogP contribution in [0.4, 0.5) is 5.69 Å². The van der Waals surface area contributed by atoms with E-state index in [0.29, 0.717) is 0 Å². The molecule has 1 aliphatic heterocycles. The quantitative estimate of drug-likeness (QED) is 0.932. The number of benzene rings is 2. The zero-order chi connectivity index (χ0) is 17.3. The molecular formula is C21H25N3O. The first-order valence-corrected chi connectivity index (χ1v) is 9.07. The number of rotatable bonds is 4. The Morgan fingerprint density at radius 2 is 1.64 bits per heavy atom. The van der Waals surface area contributed by atoms with Crippen molar-refractivity contribution in [3.05, 3.63) is 66.2 Å². The summed E-state index contributed by atoms with van der Waals surface area (Å²) in [7, 11) is 1.90. The van der Waals surface area contributed by atoms with Gasteiger partial charge < -0.3 is 10.2 Å². The van der Waals surface area contributed by atoms with Crippen LogP contribution in [0.25, 0.3) is 0 Å². The lowest BCUT2D eigenvalue weighted by atomic mass is 10.0. The second kappa shape index (κ2) is 6.62. The number of piperazine rings is 1. The maximum Gasteiger partial charge on any atom is 0.247 e. The van der Waals surface area contributed by atoms with E-state index >= 15 is 0 Å². The number of carbonyl (C=O) groups excluding carboxylic acids is 1. The van der Waals surface area contributed by atoms with Gasteiger partial charge in [0, 0.05) is 44.8 Å². The second-order valence-electron chi connectivity index (χ2n) is 7.03. The Labute approximate surface area is 149 Å². The van der Waals surface area contributed by atoms with Crippen LogP contribution in [-0.2, 0) is 4.79 Å². The van der Waals surface area contributed by atoms with E-state index in [1.807, 2.05) is 48.3 Å². The summed E-state index contributed by atoms with van der Waals surface area (Å²) >= 11 is 0. The Morgan fingerprint density at radius 3 is 2.28 bits per heavy atom. The van der Waals surface area contributed by atoms with Crippen LogP contribution in [0.15, 0.2) is 60.7 Å². The Morgan fingerprint density at radius 1 is 1.04 bits per heavy atom. The topological polar surface area (TPSA) is 35.6 Å². The van der Waals surface area contributed by atoms with E-state index in [2.05, 4.69) is 34.5 Å². The molecule has 0 bridgehead atoms. The molecule has 1 N–H and O–H groups in total.